The second-order valence-electron chi connectivity index (χ2n) is 3.68. The van der Waals surface area contributed by atoms with E-state index >= 15 is 0 Å². The first-order chi connectivity index (χ1) is 7.72. The van der Waals surface area contributed by atoms with Crippen molar-refractivity contribution >= 4 is 5.82 Å². The Morgan fingerprint density at radius 3 is 2.81 bits per heavy atom. The molecular weight excluding hydrogens is 205 g/mol. The predicted octanol–water partition coefficient (Wildman–Crippen LogP) is 2.60. The van der Waals surface area contributed by atoms with E-state index in [0.29, 0.717) is 5.82 Å². The second-order valence-corrected chi connectivity index (χ2v) is 3.68. The Labute approximate surface area is 93.7 Å². The molecule has 1 atom stereocenters. The fraction of sp³-hybridized carbons (Fsp3) is 0.250. The molecule has 2 N–H and O–H groups in total. The maximum absolute atomic E-state index is 13.1. The molecule has 2 aromatic rings. The van der Waals surface area contributed by atoms with Crippen LogP contribution in [0.1, 0.15) is 24.9 Å². The standard InChI is InChI=1S/C12H14FN3/c1-2-11(16-12(14)6-7-15-16)9-4-3-5-10(13)8-9/h3-8,11H,2,14H2,1H3. The fourth-order valence-electron chi connectivity index (χ4n) is 1.85. The number of nitrogens with two attached hydrogens (primary N) is 1. The molecule has 0 aliphatic heterocycles. The number of rotatable bonds is 3. The number of benzene rings is 1. The van der Waals surface area contributed by atoms with Gasteiger partial charge in [0.15, 0.2) is 0 Å². The highest BCUT2D eigenvalue weighted by Gasteiger charge is 2.14. The first-order valence-electron chi connectivity index (χ1n) is 5.27. The average molecular weight is 219 g/mol. The lowest BCUT2D eigenvalue weighted by molar-refractivity contribution is 0.512. The van der Waals surface area contributed by atoms with Gasteiger partial charge in [-0.2, -0.15) is 5.10 Å². The number of aromatic nitrogens is 2. The highest BCUT2D eigenvalue weighted by Crippen LogP contribution is 2.24. The van der Waals surface area contributed by atoms with Gasteiger partial charge in [-0.1, -0.05) is 19.1 Å². The van der Waals surface area contributed by atoms with Crippen molar-refractivity contribution in [2.45, 2.75) is 19.4 Å². The Bertz CT molecular complexity index is 479. The second kappa shape index (κ2) is 4.35. The van der Waals surface area contributed by atoms with Crippen molar-refractivity contribution in [3.8, 4) is 0 Å². The van der Waals surface area contributed by atoms with Crippen molar-refractivity contribution in [2.75, 3.05) is 5.73 Å². The summed E-state index contributed by atoms with van der Waals surface area (Å²) >= 11 is 0. The van der Waals surface area contributed by atoms with Crippen molar-refractivity contribution in [3.63, 3.8) is 0 Å². The van der Waals surface area contributed by atoms with Crippen molar-refractivity contribution in [3.05, 3.63) is 47.9 Å². The number of hydrogen-bond donors (Lipinski definition) is 1. The summed E-state index contributed by atoms with van der Waals surface area (Å²) < 4.78 is 14.9. The lowest BCUT2D eigenvalue weighted by Gasteiger charge is -2.17. The smallest absolute Gasteiger partial charge is 0.123 e. The quantitative estimate of drug-likeness (QED) is 0.862. The van der Waals surface area contributed by atoms with Crippen LogP contribution in [0.5, 0.6) is 0 Å². The molecule has 16 heavy (non-hydrogen) atoms. The SMILES string of the molecule is CCC(c1cccc(F)c1)n1nccc1N. The molecule has 1 heterocycles. The monoisotopic (exact) mass is 219 g/mol. The van der Waals surface area contributed by atoms with Crippen LogP contribution in [0.3, 0.4) is 0 Å². The first-order valence-corrected chi connectivity index (χ1v) is 5.27. The van der Waals surface area contributed by atoms with E-state index < -0.39 is 0 Å². The molecule has 1 aromatic heterocycles. The Hall–Kier alpha value is -1.84. The molecule has 2 rings (SSSR count). The van der Waals surface area contributed by atoms with Crippen molar-refractivity contribution in [1.82, 2.24) is 9.78 Å². The third-order valence-corrected chi connectivity index (χ3v) is 2.62. The van der Waals surface area contributed by atoms with Crippen LogP contribution in [0.25, 0.3) is 0 Å². The van der Waals surface area contributed by atoms with Crippen LogP contribution in [0.4, 0.5) is 10.2 Å². The van der Waals surface area contributed by atoms with Crippen LogP contribution in [0, 0.1) is 5.82 Å². The molecular formula is C12H14FN3. The maximum Gasteiger partial charge on any atom is 0.123 e. The van der Waals surface area contributed by atoms with Crippen LogP contribution >= 0.6 is 0 Å². The van der Waals surface area contributed by atoms with Gasteiger partial charge in [0, 0.05) is 0 Å². The number of halogens is 1. The summed E-state index contributed by atoms with van der Waals surface area (Å²) in [6.07, 6.45) is 2.46. The van der Waals surface area contributed by atoms with Crippen LogP contribution in [-0.2, 0) is 0 Å². The van der Waals surface area contributed by atoms with Gasteiger partial charge < -0.3 is 5.73 Å². The van der Waals surface area contributed by atoms with Crippen LogP contribution in [0.15, 0.2) is 36.5 Å². The largest absolute Gasteiger partial charge is 0.384 e. The number of hydrogen-bond acceptors (Lipinski definition) is 2. The van der Waals surface area contributed by atoms with E-state index in [1.807, 2.05) is 13.0 Å². The van der Waals surface area contributed by atoms with Gasteiger partial charge >= 0.3 is 0 Å². The highest BCUT2D eigenvalue weighted by molar-refractivity contribution is 5.30. The molecule has 0 saturated carbocycles. The molecule has 1 unspecified atom stereocenters. The zero-order valence-corrected chi connectivity index (χ0v) is 9.10. The van der Waals surface area contributed by atoms with Gasteiger partial charge in [-0.3, -0.25) is 0 Å². The fourth-order valence-corrected chi connectivity index (χ4v) is 1.85. The van der Waals surface area contributed by atoms with Crippen LogP contribution in [0.2, 0.25) is 0 Å². The van der Waals surface area contributed by atoms with Crippen molar-refractivity contribution < 1.29 is 4.39 Å². The van der Waals surface area contributed by atoms with Crippen molar-refractivity contribution in [1.29, 1.82) is 0 Å². The van der Waals surface area contributed by atoms with Gasteiger partial charge in [0.25, 0.3) is 0 Å². The summed E-state index contributed by atoms with van der Waals surface area (Å²) in [5, 5.41) is 4.16. The van der Waals surface area contributed by atoms with E-state index in [0.717, 1.165) is 12.0 Å². The minimum atomic E-state index is -0.235. The molecule has 0 saturated heterocycles. The van der Waals surface area contributed by atoms with Gasteiger partial charge in [-0.15, -0.1) is 0 Å². The maximum atomic E-state index is 13.1. The molecule has 0 amide bonds. The van der Waals surface area contributed by atoms with E-state index in [1.54, 1.807) is 23.0 Å². The lowest BCUT2D eigenvalue weighted by Crippen LogP contribution is -2.13. The molecule has 0 radical (unpaired) electrons. The zero-order valence-electron chi connectivity index (χ0n) is 9.10. The topological polar surface area (TPSA) is 43.8 Å². The summed E-state index contributed by atoms with van der Waals surface area (Å²) in [6, 6.07) is 8.27. The van der Waals surface area contributed by atoms with Crippen LogP contribution in [-0.4, -0.2) is 9.78 Å². The number of nitrogen functional groups attached to an aromatic ring is 1. The Kier molecular flexibility index (Phi) is 2.90. The summed E-state index contributed by atoms with van der Waals surface area (Å²) in [6.45, 7) is 2.02. The van der Waals surface area contributed by atoms with E-state index in [9.17, 15) is 4.39 Å². The predicted molar refractivity (Wildman–Crippen MR) is 61.5 cm³/mol. The Balaban J connectivity index is 2.40. The molecule has 0 fully saturated rings. The van der Waals surface area contributed by atoms with E-state index in [4.69, 9.17) is 5.73 Å². The Morgan fingerprint density at radius 1 is 1.44 bits per heavy atom. The van der Waals surface area contributed by atoms with Gasteiger partial charge in [0.1, 0.15) is 11.6 Å². The van der Waals surface area contributed by atoms with E-state index in [-0.39, 0.29) is 11.9 Å². The minimum absolute atomic E-state index is 0.00861. The third-order valence-electron chi connectivity index (χ3n) is 2.62. The number of nitrogens with zero attached hydrogens (tertiary/aromatic N) is 2. The molecule has 0 aliphatic rings. The molecule has 0 spiro atoms. The van der Waals surface area contributed by atoms with Gasteiger partial charge in [0.2, 0.25) is 0 Å². The highest BCUT2D eigenvalue weighted by atomic mass is 19.1. The van der Waals surface area contributed by atoms with Gasteiger partial charge in [-0.25, -0.2) is 9.07 Å². The normalized spacial score (nSPS) is 12.6. The van der Waals surface area contributed by atoms with E-state index in [1.165, 1.54) is 12.1 Å². The number of anilines is 1. The van der Waals surface area contributed by atoms with Gasteiger partial charge in [-0.05, 0) is 30.2 Å². The Morgan fingerprint density at radius 2 is 2.25 bits per heavy atom. The molecule has 3 nitrogen and oxygen atoms in total. The first kappa shape index (κ1) is 10.7. The van der Waals surface area contributed by atoms with Crippen LogP contribution < -0.4 is 5.73 Å². The van der Waals surface area contributed by atoms with Crippen molar-refractivity contribution in [2.24, 2.45) is 0 Å². The minimum Gasteiger partial charge on any atom is -0.384 e. The third kappa shape index (κ3) is 1.91. The zero-order chi connectivity index (χ0) is 11.5. The summed E-state index contributed by atoms with van der Waals surface area (Å²) in [5.74, 6) is 0.359. The average Bonchev–Trinajstić information content (AvgIpc) is 2.67. The summed E-state index contributed by atoms with van der Waals surface area (Å²) in [5.41, 5.74) is 6.69. The summed E-state index contributed by atoms with van der Waals surface area (Å²) in [7, 11) is 0. The molecule has 84 valence electrons. The molecule has 4 heteroatoms. The van der Waals surface area contributed by atoms with E-state index in [2.05, 4.69) is 5.10 Å². The molecule has 1 aromatic carbocycles. The van der Waals surface area contributed by atoms with Gasteiger partial charge in [0.05, 0.1) is 12.2 Å². The summed E-state index contributed by atoms with van der Waals surface area (Å²) in [4.78, 5) is 0. The molecule has 0 bridgehead atoms. The molecule has 0 aliphatic carbocycles. The lowest BCUT2D eigenvalue weighted by atomic mass is 10.0.